The van der Waals surface area contributed by atoms with Crippen molar-refractivity contribution in [1.29, 1.82) is 0 Å². The molecule has 18 heavy (non-hydrogen) atoms. The summed E-state index contributed by atoms with van der Waals surface area (Å²) in [5.41, 5.74) is 0. The minimum absolute atomic E-state index is 1.54. The molecule has 0 bridgehead atoms. The molecule has 6 nitrogen and oxygen atoms in total. The van der Waals surface area contributed by atoms with Crippen LogP contribution in [0.25, 0.3) is 0 Å². The molecule has 0 spiro atoms. The molecule has 2 N–H and O–H groups in total. The maximum absolute atomic E-state index is 6.16. The highest BCUT2D eigenvalue weighted by Crippen LogP contribution is 2.84. The first-order valence-corrected chi connectivity index (χ1v) is 16.3. The molecule has 0 aromatic rings. The molecular formula is C2H8Cl6N6P4. The van der Waals surface area contributed by atoms with Gasteiger partial charge >= 0.3 is 0 Å². The maximum Gasteiger partial charge on any atom is 0.257 e. The second-order valence-electron chi connectivity index (χ2n) is 2.77. The monoisotopic (exact) mass is 450 g/mol. The fraction of sp³-hybridized carbons (Fsp3) is 1.00. The second kappa shape index (κ2) is 6.37. The van der Waals surface area contributed by atoms with E-state index in [2.05, 4.69) is 28.2 Å². The molecule has 1 heterocycles. The lowest BCUT2D eigenvalue weighted by molar-refractivity contribution is 1.25. The van der Waals surface area contributed by atoms with Crippen LogP contribution in [-0.2, 0) is 0 Å². The summed E-state index contributed by atoms with van der Waals surface area (Å²) in [6.07, 6.45) is 0. The SMILES string of the molecule is CNP1(Cl)=NP(Cl)(Cl)=NP(Cl)(NC)=NP(Cl)(Cl)=N1. The summed E-state index contributed by atoms with van der Waals surface area (Å²) < 4.78 is 16.1. The van der Waals surface area contributed by atoms with Crippen molar-refractivity contribution in [3.05, 3.63) is 0 Å². The van der Waals surface area contributed by atoms with Crippen LogP contribution in [-0.4, -0.2) is 14.1 Å². The molecule has 0 amide bonds. The third kappa shape index (κ3) is 5.41. The van der Waals surface area contributed by atoms with Gasteiger partial charge in [0.25, 0.3) is 11.8 Å². The van der Waals surface area contributed by atoms with Crippen LogP contribution in [0.5, 0.6) is 0 Å². The van der Waals surface area contributed by atoms with Crippen LogP contribution >= 0.6 is 92.7 Å². The first-order valence-electron chi connectivity index (χ1n) is 4.06. The van der Waals surface area contributed by atoms with Crippen molar-refractivity contribution in [1.82, 2.24) is 10.2 Å². The van der Waals surface area contributed by atoms with Gasteiger partial charge in [0.15, 0.2) is 0 Å². The third-order valence-corrected chi connectivity index (χ3v) is 18.2. The Morgan fingerprint density at radius 1 is 0.611 bits per heavy atom. The Morgan fingerprint density at radius 2 is 0.889 bits per heavy atom. The zero-order valence-corrected chi connectivity index (χ0v) is 17.0. The van der Waals surface area contributed by atoms with Gasteiger partial charge in [-0.2, -0.15) is 18.1 Å². The largest absolute Gasteiger partial charge is 0.257 e. The van der Waals surface area contributed by atoms with E-state index < -0.39 is 25.2 Å². The molecule has 1 aliphatic heterocycles. The van der Waals surface area contributed by atoms with Crippen LogP contribution in [0.4, 0.5) is 0 Å². The van der Waals surface area contributed by atoms with Gasteiger partial charge in [0.2, 0.25) is 13.4 Å². The third-order valence-electron chi connectivity index (χ3n) is 1.47. The molecule has 1 aliphatic rings. The van der Waals surface area contributed by atoms with Gasteiger partial charge in [-0.15, -0.1) is 0 Å². The van der Waals surface area contributed by atoms with Gasteiger partial charge in [0, 0.05) is 0 Å². The first-order chi connectivity index (χ1) is 7.95. The second-order valence-corrected chi connectivity index (χ2v) is 20.0. The van der Waals surface area contributed by atoms with Crippen molar-refractivity contribution >= 4 is 92.7 Å². The minimum Gasteiger partial charge on any atom is -0.256 e. The molecule has 16 heteroatoms. The van der Waals surface area contributed by atoms with E-state index in [1.165, 1.54) is 14.1 Å². The van der Waals surface area contributed by atoms with Crippen molar-refractivity contribution in [2.75, 3.05) is 14.1 Å². The highest BCUT2D eigenvalue weighted by molar-refractivity contribution is 8.19. The molecule has 0 aromatic carbocycles. The predicted molar refractivity (Wildman–Crippen MR) is 90.6 cm³/mol. The van der Waals surface area contributed by atoms with Crippen LogP contribution in [0.15, 0.2) is 18.1 Å². The Morgan fingerprint density at radius 3 is 1.11 bits per heavy atom. The number of hydrogen-bond donors (Lipinski definition) is 2. The molecule has 0 saturated heterocycles. The smallest absolute Gasteiger partial charge is 0.256 e. The van der Waals surface area contributed by atoms with E-state index in [4.69, 9.17) is 67.4 Å². The van der Waals surface area contributed by atoms with Crippen LogP contribution in [0.1, 0.15) is 0 Å². The Labute approximate surface area is 134 Å². The van der Waals surface area contributed by atoms with E-state index in [0.29, 0.717) is 0 Å². The molecule has 0 fully saturated rings. The lowest BCUT2D eigenvalue weighted by Gasteiger charge is -2.21. The lowest BCUT2D eigenvalue weighted by Crippen LogP contribution is -1.97. The van der Waals surface area contributed by atoms with Crippen LogP contribution in [0.2, 0.25) is 0 Å². The van der Waals surface area contributed by atoms with Crippen molar-refractivity contribution in [2.45, 2.75) is 0 Å². The summed E-state index contributed by atoms with van der Waals surface area (Å²) in [7, 11) is 3.08. The normalized spacial score (nSPS) is 38.2. The average Bonchev–Trinajstić information content (AvgIpc) is 2.11. The number of nitrogens with zero attached hydrogens (tertiary/aromatic N) is 4. The van der Waals surface area contributed by atoms with Gasteiger partial charge in [0.05, 0.1) is 0 Å². The topological polar surface area (TPSA) is 73.5 Å². The molecule has 108 valence electrons. The van der Waals surface area contributed by atoms with E-state index >= 15 is 0 Å². The summed E-state index contributed by atoms with van der Waals surface area (Å²) in [4.78, 5) is 0. The summed E-state index contributed by atoms with van der Waals surface area (Å²) in [5.74, 6) is -6.25. The minimum atomic E-state index is -3.12. The Balaban J connectivity index is 3.71. The van der Waals surface area contributed by atoms with Crippen LogP contribution in [0.3, 0.4) is 0 Å². The summed E-state index contributed by atoms with van der Waals surface area (Å²) in [6, 6.07) is 0. The molecule has 2 atom stereocenters. The number of nitrogens with one attached hydrogen (secondary N) is 2. The first kappa shape index (κ1) is 18.6. The average molecular weight is 453 g/mol. The molecular weight excluding hydrogens is 445 g/mol. The highest BCUT2D eigenvalue weighted by Gasteiger charge is 2.31. The molecule has 2 unspecified atom stereocenters. The summed E-state index contributed by atoms with van der Waals surface area (Å²) in [5, 5.41) is 5.39. The standard InChI is InChI=1S/C2H8Cl6N6P4/c1-9-17(7)11-15(3,4)13-18(8,10-2)14-16(5,6)12-17/h9-10H,1-2H3. The molecule has 0 saturated carbocycles. The predicted octanol–water partition coefficient (Wildman–Crippen LogP) is 7.66. The van der Waals surface area contributed by atoms with Crippen molar-refractivity contribution in [3.63, 3.8) is 0 Å². The van der Waals surface area contributed by atoms with Crippen molar-refractivity contribution in [3.8, 4) is 0 Å². The summed E-state index contributed by atoms with van der Waals surface area (Å²) >= 11 is 36.4. The Hall–Kier alpha value is 2.58. The lowest BCUT2D eigenvalue weighted by atomic mass is 11.6. The van der Waals surface area contributed by atoms with Gasteiger partial charge in [-0.1, -0.05) is 0 Å². The maximum atomic E-state index is 6.16. The van der Waals surface area contributed by atoms with Crippen molar-refractivity contribution < 1.29 is 0 Å². The van der Waals surface area contributed by atoms with E-state index in [-0.39, 0.29) is 0 Å². The van der Waals surface area contributed by atoms with Gasteiger partial charge in [-0.3, -0.25) is 10.2 Å². The fourth-order valence-electron chi connectivity index (χ4n) is 0.821. The van der Waals surface area contributed by atoms with E-state index in [1.807, 2.05) is 0 Å². The Bertz CT molecular complexity index is 504. The molecule has 1 rings (SSSR count). The molecule has 0 radical (unpaired) electrons. The van der Waals surface area contributed by atoms with Crippen LogP contribution in [0, 0.1) is 0 Å². The summed E-state index contributed by atoms with van der Waals surface area (Å²) in [6.45, 7) is -5.88. The number of hydrogen-bond acceptors (Lipinski definition) is 6. The van der Waals surface area contributed by atoms with Gasteiger partial charge in [0.1, 0.15) is 0 Å². The van der Waals surface area contributed by atoms with Gasteiger partial charge in [-0.05, 0) is 81.5 Å². The number of halogens is 6. The van der Waals surface area contributed by atoms with E-state index in [0.717, 1.165) is 0 Å². The van der Waals surface area contributed by atoms with Gasteiger partial charge < -0.3 is 0 Å². The Kier molecular flexibility index (Phi) is 6.59. The van der Waals surface area contributed by atoms with E-state index in [1.54, 1.807) is 0 Å². The quantitative estimate of drug-likeness (QED) is 0.422. The zero-order valence-electron chi connectivity index (χ0n) is 8.85. The number of rotatable bonds is 2. The highest BCUT2D eigenvalue weighted by atomic mass is 35.9. The van der Waals surface area contributed by atoms with Crippen LogP contribution < -0.4 is 10.2 Å². The van der Waals surface area contributed by atoms with Crippen molar-refractivity contribution in [2.24, 2.45) is 18.1 Å². The van der Waals surface area contributed by atoms with E-state index in [9.17, 15) is 0 Å². The fourth-order valence-corrected chi connectivity index (χ4v) is 21.7. The zero-order chi connectivity index (χ0) is 14.2. The molecule has 0 aliphatic carbocycles. The van der Waals surface area contributed by atoms with Gasteiger partial charge in [-0.25, -0.2) is 0 Å². The molecule has 0 aromatic heterocycles.